The van der Waals surface area contributed by atoms with E-state index >= 15 is 0 Å². The summed E-state index contributed by atoms with van der Waals surface area (Å²) >= 11 is 0. The molecule has 3 rings (SSSR count). The number of pyridine rings is 1. The van der Waals surface area contributed by atoms with Crippen LogP contribution in [-0.2, 0) is 9.84 Å². The van der Waals surface area contributed by atoms with Crippen LogP contribution in [0.1, 0.15) is 23.9 Å². The minimum absolute atomic E-state index is 0.291. The molecule has 0 radical (unpaired) electrons. The van der Waals surface area contributed by atoms with Gasteiger partial charge in [-0.05, 0) is 25.0 Å². The van der Waals surface area contributed by atoms with Crippen LogP contribution in [0, 0.1) is 0 Å². The van der Waals surface area contributed by atoms with Gasteiger partial charge in [0.2, 0.25) is 0 Å². The van der Waals surface area contributed by atoms with Gasteiger partial charge in [0.1, 0.15) is 11.1 Å². The van der Waals surface area contributed by atoms with Gasteiger partial charge in [-0.25, -0.2) is 13.4 Å². The highest BCUT2D eigenvalue weighted by Gasteiger charge is 2.35. The lowest BCUT2D eigenvalue weighted by molar-refractivity contribution is 0.588. The van der Waals surface area contributed by atoms with Gasteiger partial charge in [-0.3, -0.25) is 0 Å². The van der Waals surface area contributed by atoms with Crippen molar-refractivity contribution in [3.05, 3.63) is 36.4 Å². The van der Waals surface area contributed by atoms with Crippen LogP contribution in [-0.4, -0.2) is 23.6 Å². The third kappa shape index (κ3) is 1.35. The van der Waals surface area contributed by atoms with E-state index in [4.69, 9.17) is 0 Å². The molecule has 0 saturated carbocycles. The van der Waals surface area contributed by atoms with Gasteiger partial charge < -0.3 is 4.40 Å². The summed E-state index contributed by atoms with van der Waals surface area (Å²) in [7, 11) is -2.98. The molecule has 0 amide bonds. The van der Waals surface area contributed by atoms with Crippen LogP contribution in [0.15, 0.2) is 30.6 Å². The molecule has 1 aliphatic rings. The van der Waals surface area contributed by atoms with E-state index in [9.17, 15) is 8.42 Å². The number of hydrogen-bond donors (Lipinski definition) is 0. The molecule has 1 saturated heterocycles. The maximum absolute atomic E-state index is 11.9. The molecule has 1 atom stereocenters. The third-order valence-electron chi connectivity index (χ3n) is 3.08. The quantitative estimate of drug-likeness (QED) is 0.755. The first kappa shape index (κ1) is 9.84. The first-order valence-electron chi connectivity index (χ1n) is 5.32. The van der Waals surface area contributed by atoms with Gasteiger partial charge in [0.05, 0.1) is 17.5 Å². The fraction of sp³-hybridized carbons (Fsp3) is 0.364. The van der Waals surface area contributed by atoms with Crippen LogP contribution in [0.2, 0.25) is 0 Å². The molecule has 5 heteroatoms. The Morgan fingerprint density at radius 3 is 3.00 bits per heavy atom. The summed E-state index contributed by atoms with van der Waals surface area (Å²) in [6.07, 6.45) is 5.03. The smallest absolute Gasteiger partial charge is 0.160 e. The highest BCUT2D eigenvalue weighted by molar-refractivity contribution is 7.91. The van der Waals surface area contributed by atoms with Crippen molar-refractivity contribution in [3.63, 3.8) is 0 Å². The first-order chi connectivity index (χ1) is 7.68. The number of imidazole rings is 1. The number of hydrogen-bond acceptors (Lipinski definition) is 3. The topological polar surface area (TPSA) is 51.4 Å². The molecule has 4 nitrogen and oxygen atoms in total. The second kappa shape index (κ2) is 3.31. The molecule has 1 aliphatic heterocycles. The molecule has 84 valence electrons. The zero-order valence-electron chi connectivity index (χ0n) is 8.70. The van der Waals surface area contributed by atoms with Crippen molar-refractivity contribution in [3.8, 4) is 0 Å². The van der Waals surface area contributed by atoms with Crippen molar-refractivity contribution in [2.75, 3.05) is 5.75 Å². The molecule has 0 N–H and O–H groups in total. The predicted molar refractivity (Wildman–Crippen MR) is 61.0 cm³/mol. The monoisotopic (exact) mass is 236 g/mol. The highest BCUT2D eigenvalue weighted by atomic mass is 32.2. The van der Waals surface area contributed by atoms with Gasteiger partial charge in [0.25, 0.3) is 0 Å². The molecule has 0 spiro atoms. The van der Waals surface area contributed by atoms with E-state index in [0.29, 0.717) is 18.0 Å². The average molecular weight is 236 g/mol. The molecule has 1 fully saturated rings. The highest BCUT2D eigenvalue weighted by Crippen LogP contribution is 2.33. The summed E-state index contributed by atoms with van der Waals surface area (Å²) in [5, 5.41) is -0.419. The zero-order valence-corrected chi connectivity index (χ0v) is 9.52. The summed E-state index contributed by atoms with van der Waals surface area (Å²) in [4.78, 5) is 4.26. The Bertz CT molecular complexity index is 630. The Morgan fingerprint density at radius 2 is 2.25 bits per heavy atom. The number of aromatic nitrogens is 2. The molecule has 2 aromatic rings. The van der Waals surface area contributed by atoms with Gasteiger partial charge in [0, 0.05) is 6.20 Å². The van der Waals surface area contributed by atoms with Crippen molar-refractivity contribution in [1.82, 2.24) is 9.38 Å². The first-order valence-corrected chi connectivity index (χ1v) is 7.03. The number of nitrogens with zero attached hydrogens (tertiary/aromatic N) is 2. The van der Waals surface area contributed by atoms with E-state index < -0.39 is 15.1 Å². The summed E-state index contributed by atoms with van der Waals surface area (Å²) in [5.41, 5.74) is 0.944. The molecular weight excluding hydrogens is 224 g/mol. The fourth-order valence-corrected chi connectivity index (χ4v) is 4.16. The normalized spacial score (nSPS) is 23.9. The Balaban J connectivity index is 2.20. The van der Waals surface area contributed by atoms with Crippen LogP contribution in [0.4, 0.5) is 0 Å². The van der Waals surface area contributed by atoms with Gasteiger partial charge in [-0.15, -0.1) is 0 Å². The van der Waals surface area contributed by atoms with Gasteiger partial charge >= 0.3 is 0 Å². The molecular formula is C11H12N2O2S. The second-order valence-electron chi connectivity index (χ2n) is 4.11. The largest absolute Gasteiger partial charge is 0.303 e. The van der Waals surface area contributed by atoms with E-state index in [1.807, 2.05) is 28.8 Å². The second-order valence-corrected chi connectivity index (χ2v) is 6.41. The van der Waals surface area contributed by atoms with Crippen molar-refractivity contribution in [2.45, 2.75) is 18.1 Å². The lowest BCUT2D eigenvalue weighted by atomic mass is 10.2. The summed E-state index contributed by atoms with van der Waals surface area (Å²) in [6.45, 7) is 0. The number of sulfone groups is 1. The van der Waals surface area contributed by atoms with Gasteiger partial charge in [-0.1, -0.05) is 6.07 Å². The fourth-order valence-electron chi connectivity index (χ4n) is 2.28. The average Bonchev–Trinajstić information content (AvgIpc) is 2.81. The molecule has 0 bridgehead atoms. The van der Waals surface area contributed by atoms with Gasteiger partial charge in [0.15, 0.2) is 9.84 Å². The minimum Gasteiger partial charge on any atom is -0.303 e. The summed E-state index contributed by atoms with van der Waals surface area (Å²) in [6, 6.07) is 5.74. The van der Waals surface area contributed by atoms with E-state index in [-0.39, 0.29) is 0 Å². The molecule has 0 aromatic carbocycles. The predicted octanol–water partition coefficient (Wildman–Crippen LogP) is 1.58. The summed E-state index contributed by atoms with van der Waals surface area (Å²) < 4.78 is 25.6. The Kier molecular flexibility index (Phi) is 2.04. The van der Waals surface area contributed by atoms with Crippen LogP contribution in [0.5, 0.6) is 0 Å². The minimum atomic E-state index is -2.98. The van der Waals surface area contributed by atoms with Crippen LogP contribution < -0.4 is 0 Å². The SMILES string of the molecule is O=S1(=O)CCCC1c1ncc2ccccn12. The lowest BCUT2D eigenvalue weighted by Gasteiger charge is -2.07. The standard InChI is InChI=1S/C11H12N2O2S/c14-16(15)7-3-5-10(16)11-12-8-9-4-1-2-6-13(9)11/h1-2,4,6,8,10H,3,5,7H2. The van der Waals surface area contributed by atoms with Crippen molar-refractivity contribution < 1.29 is 8.42 Å². The van der Waals surface area contributed by atoms with Crippen molar-refractivity contribution in [2.24, 2.45) is 0 Å². The molecule has 2 aromatic heterocycles. The van der Waals surface area contributed by atoms with Crippen LogP contribution >= 0.6 is 0 Å². The molecule has 16 heavy (non-hydrogen) atoms. The molecule has 3 heterocycles. The molecule has 0 aliphatic carbocycles. The Morgan fingerprint density at radius 1 is 1.38 bits per heavy atom. The van der Waals surface area contributed by atoms with Crippen molar-refractivity contribution in [1.29, 1.82) is 0 Å². The van der Waals surface area contributed by atoms with E-state index in [0.717, 1.165) is 11.9 Å². The molecule has 1 unspecified atom stereocenters. The third-order valence-corrected chi connectivity index (χ3v) is 5.26. The maximum atomic E-state index is 11.9. The number of fused-ring (bicyclic) bond motifs is 1. The van der Waals surface area contributed by atoms with E-state index in [1.165, 1.54) is 0 Å². The van der Waals surface area contributed by atoms with Gasteiger partial charge in [-0.2, -0.15) is 0 Å². The van der Waals surface area contributed by atoms with E-state index in [1.54, 1.807) is 6.20 Å². The lowest BCUT2D eigenvalue weighted by Crippen LogP contribution is -2.11. The van der Waals surface area contributed by atoms with Crippen LogP contribution in [0.25, 0.3) is 5.52 Å². The zero-order chi connectivity index (χ0) is 11.2. The Hall–Kier alpha value is -1.36. The van der Waals surface area contributed by atoms with Crippen LogP contribution in [0.3, 0.4) is 0 Å². The Labute approximate surface area is 93.8 Å². The van der Waals surface area contributed by atoms with E-state index in [2.05, 4.69) is 4.98 Å². The van der Waals surface area contributed by atoms with Crippen molar-refractivity contribution >= 4 is 15.4 Å². The summed E-state index contributed by atoms with van der Waals surface area (Å²) in [5.74, 6) is 0.951. The maximum Gasteiger partial charge on any atom is 0.160 e. The number of rotatable bonds is 1.